The molecule has 0 unspecified atom stereocenters. The maximum absolute atomic E-state index is 9.52. The van der Waals surface area contributed by atoms with Crippen LogP contribution in [0.1, 0.15) is 0 Å². The van der Waals surface area contributed by atoms with Gasteiger partial charge in [0.25, 0.3) is 0 Å². The molecule has 0 heterocycles. The van der Waals surface area contributed by atoms with E-state index >= 15 is 0 Å². The Bertz CT molecular complexity index is 198. The normalized spacial score (nSPS) is 10.5. The Morgan fingerprint density at radius 2 is 1.88 bits per heavy atom. The highest BCUT2D eigenvalue weighted by Gasteiger charge is 2.23. The summed E-state index contributed by atoms with van der Waals surface area (Å²) in [6.07, 6.45) is 0. The van der Waals surface area contributed by atoms with E-state index in [0.717, 1.165) is 0 Å². The average molecular weight is 140 g/mol. The van der Waals surface area contributed by atoms with Gasteiger partial charge in [0.1, 0.15) is 4.58 Å². The minimum absolute atomic E-state index is 1.24. The summed E-state index contributed by atoms with van der Waals surface area (Å²) >= 11 is 0. The van der Waals surface area contributed by atoms with Gasteiger partial charge in [0.05, 0.1) is 0 Å². The zero-order valence-electron chi connectivity index (χ0n) is 3.34. The van der Waals surface area contributed by atoms with Crippen molar-refractivity contribution in [1.29, 1.82) is 0 Å². The molecule has 0 aliphatic carbocycles. The van der Waals surface area contributed by atoms with Gasteiger partial charge in [-0.05, 0) is 0 Å². The first kappa shape index (κ1) is 6.95. The lowest BCUT2D eigenvalue weighted by Crippen LogP contribution is -2.06. The topological polar surface area (TPSA) is 107 Å². The SMILES string of the molecule is O=NS(=O)(=O)[N+](=O)[O-]. The summed E-state index contributed by atoms with van der Waals surface area (Å²) in [6.45, 7) is 0. The van der Waals surface area contributed by atoms with E-state index in [4.69, 9.17) is 4.91 Å². The highest BCUT2D eigenvalue weighted by Crippen LogP contribution is 1.88. The maximum atomic E-state index is 9.52. The summed E-state index contributed by atoms with van der Waals surface area (Å²) < 4.78 is 18.5. The van der Waals surface area contributed by atoms with Crippen LogP contribution < -0.4 is 0 Å². The Labute approximate surface area is 43.6 Å². The number of nitrogens with zero attached hydrogens (tertiary/aromatic N) is 2. The van der Waals surface area contributed by atoms with Crippen molar-refractivity contribution in [3.05, 3.63) is 15.0 Å². The number of nitro groups is 1. The van der Waals surface area contributed by atoms with Gasteiger partial charge in [0.15, 0.2) is 4.33 Å². The summed E-state index contributed by atoms with van der Waals surface area (Å²) in [4.78, 5) is 18.2. The van der Waals surface area contributed by atoms with Crippen molar-refractivity contribution < 1.29 is 12.7 Å². The molecule has 0 aliphatic heterocycles. The van der Waals surface area contributed by atoms with Crippen LogP contribution in [-0.2, 0) is 10.2 Å². The predicted molar refractivity (Wildman–Crippen MR) is 21.7 cm³/mol. The zero-order chi connectivity index (χ0) is 6.78. The monoisotopic (exact) mass is 140 g/mol. The molecule has 0 fully saturated rings. The lowest BCUT2D eigenvalue weighted by molar-refractivity contribution is -0.305. The van der Waals surface area contributed by atoms with E-state index in [9.17, 15) is 18.5 Å². The molecule has 0 radical (unpaired) electrons. The first-order valence-electron chi connectivity index (χ1n) is 1.25. The lowest BCUT2D eigenvalue weighted by Gasteiger charge is -1.75. The summed E-state index contributed by atoms with van der Waals surface area (Å²) in [5.74, 6) is 0. The highest BCUT2D eigenvalue weighted by molar-refractivity contribution is 7.83. The van der Waals surface area contributed by atoms with Crippen molar-refractivity contribution in [2.75, 3.05) is 0 Å². The standard InChI is InChI=1S/N2O5S/c3-1-8(6,7)2(4)5. The molecule has 0 spiro atoms. The van der Waals surface area contributed by atoms with Crippen LogP contribution in [0.2, 0.25) is 0 Å². The molecular formula is N2O5S. The molecule has 8 heteroatoms. The number of rotatable bonds is 2. The van der Waals surface area contributed by atoms with Gasteiger partial charge < -0.3 is 0 Å². The Morgan fingerprint density at radius 1 is 1.50 bits per heavy atom. The molecule has 0 aliphatic rings. The third-order valence-corrected chi connectivity index (χ3v) is 0.848. The van der Waals surface area contributed by atoms with E-state index < -0.39 is 14.5 Å². The second-order valence-electron chi connectivity index (χ2n) is 0.746. The first-order chi connectivity index (χ1) is 3.50. The van der Waals surface area contributed by atoms with E-state index in [-0.39, 0.29) is 0 Å². The van der Waals surface area contributed by atoms with Crippen molar-refractivity contribution in [3.63, 3.8) is 0 Å². The Kier molecular flexibility index (Phi) is 1.58. The fraction of sp³-hybridized carbons (Fsp3) is 0. The van der Waals surface area contributed by atoms with Crippen molar-refractivity contribution in [2.24, 2.45) is 4.58 Å². The quantitative estimate of drug-likeness (QED) is 0.285. The fourth-order valence-electron chi connectivity index (χ4n) is 0.0272. The van der Waals surface area contributed by atoms with Crippen molar-refractivity contribution in [1.82, 2.24) is 0 Å². The van der Waals surface area contributed by atoms with Gasteiger partial charge in [-0.1, -0.05) is 0 Å². The second kappa shape index (κ2) is 1.82. The second-order valence-corrected chi connectivity index (χ2v) is 2.09. The molecule has 0 bridgehead atoms. The van der Waals surface area contributed by atoms with Gasteiger partial charge in [-0.25, -0.2) is 10.1 Å². The molecule has 8 heavy (non-hydrogen) atoms. The zero-order valence-corrected chi connectivity index (χ0v) is 4.16. The van der Waals surface area contributed by atoms with Gasteiger partial charge in [-0.2, -0.15) is 0 Å². The fourth-order valence-corrected chi connectivity index (χ4v) is 0.0816. The molecule has 0 aromatic carbocycles. The Balaban J connectivity index is 4.68. The van der Waals surface area contributed by atoms with E-state index in [0.29, 0.717) is 0 Å². The van der Waals surface area contributed by atoms with E-state index in [2.05, 4.69) is 0 Å². The predicted octanol–water partition coefficient (Wildman–Crippen LogP) is -0.726. The number of hydrogen-bond acceptors (Lipinski definition) is 5. The molecule has 0 amide bonds. The van der Waals surface area contributed by atoms with Crippen molar-refractivity contribution in [3.8, 4) is 0 Å². The minimum Gasteiger partial charge on any atom is -0.245 e. The van der Waals surface area contributed by atoms with Crippen LogP contribution in [0.4, 0.5) is 0 Å². The van der Waals surface area contributed by atoms with Crippen molar-refractivity contribution >= 4 is 10.2 Å². The summed E-state index contributed by atoms with van der Waals surface area (Å²) in [5.41, 5.74) is 0. The van der Waals surface area contributed by atoms with Crippen LogP contribution in [0.25, 0.3) is 0 Å². The first-order valence-corrected chi connectivity index (χ1v) is 2.64. The van der Waals surface area contributed by atoms with Crippen LogP contribution in [-0.4, -0.2) is 12.7 Å². The van der Waals surface area contributed by atoms with E-state index in [1.807, 2.05) is 0 Å². The molecule has 0 rings (SSSR count). The molecule has 7 nitrogen and oxygen atoms in total. The highest BCUT2D eigenvalue weighted by atomic mass is 32.2. The van der Waals surface area contributed by atoms with Crippen molar-refractivity contribution in [2.45, 2.75) is 0 Å². The molecule has 0 aromatic rings. The molecule has 0 aromatic heterocycles. The summed E-state index contributed by atoms with van der Waals surface area (Å²) in [6, 6.07) is 0. The van der Waals surface area contributed by atoms with Crippen LogP contribution in [0.3, 0.4) is 0 Å². The Hall–Kier alpha value is -1.05. The molecule has 0 saturated heterocycles. The minimum atomic E-state index is -4.94. The van der Waals surface area contributed by atoms with Crippen LogP contribution in [0.15, 0.2) is 4.58 Å². The van der Waals surface area contributed by atoms with E-state index in [1.54, 1.807) is 0 Å². The third-order valence-electron chi connectivity index (χ3n) is 0.283. The Morgan fingerprint density at radius 3 is 1.88 bits per heavy atom. The average Bonchev–Trinajstić information content (AvgIpc) is 1.67. The lowest BCUT2D eigenvalue weighted by atomic mass is 13.4. The maximum Gasteiger partial charge on any atom is 0.579 e. The molecule has 46 valence electrons. The molecular weight excluding hydrogens is 140 g/mol. The van der Waals surface area contributed by atoms with Gasteiger partial charge in [0.2, 0.25) is 0 Å². The van der Waals surface area contributed by atoms with Gasteiger partial charge in [-0.3, -0.25) is 0 Å². The van der Waals surface area contributed by atoms with Crippen LogP contribution >= 0.6 is 0 Å². The molecule has 0 atom stereocenters. The van der Waals surface area contributed by atoms with Gasteiger partial charge >= 0.3 is 10.2 Å². The third kappa shape index (κ3) is 1.22. The van der Waals surface area contributed by atoms with E-state index in [1.165, 1.54) is 4.58 Å². The van der Waals surface area contributed by atoms with Gasteiger partial charge in [-0.15, -0.1) is 13.3 Å². The largest absolute Gasteiger partial charge is 0.579 e. The number of hydrogen-bond donors (Lipinski definition) is 0. The molecule has 0 N–H and O–H groups in total. The van der Waals surface area contributed by atoms with Crippen LogP contribution in [0.5, 0.6) is 0 Å². The smallest absolute Gasteiger partial charge is 0.245 e. The molecule has 0 saturated carbocycles. The summed E-state index contributed by atoms with van der Waals surface area (Å²) in [5, 5.41) is 9.18. The van der Waals surface area contributed by atoms with Gasteiger partial charge in [0, 0.05) is 0 Å². The number of nitroso groups, excluding NO2 is 1. The van der Waals surface area contributed by atoms with Crippen LogP contribution in [0, 0.1) is 15.0 Å². The summed E-state index contributed by atoms with van der Waals surface area (Å²) in [7, 11) is -4.94.